The van der Waals surface area contributed by atoms with Crippen LogP contribution < -0.4 is 5.32 Å². The second kappa shape index (κ2) is 9.74. The Morgan fingerprint density at radius 2 is 2.14 bits per heavy atom. The highest BCUT2D eigenvalue weighted by atomic mass is 32.2. The number of thiazole rings is 1. The minimum atomic E-state index is -1.25. The number of nitrogens with zero attached hydrogens (tertiary/aromatic N) is 2. The first-order valence-electron chi connectivity index (χ1n) is 8.08. The van der Waals surface area contributed by atoms with Crippen molar-refractivity contribution in [1.29, 1.82) is 0 Å². The maximum Gasteiger partial charge on any atom is 0.332 e. The Labute approximate surface area is 177 Å². The number of aliphatic carboxylic acids is 1. The van der Waals surface area contributed by atoms with Gasteiger partial charge in [-0.2, -0.15) is 4.39 Å². The largest absolute Gasteiger partial charge is 0.478 e. The van der Waals surface area contributed by atoms with Gasteiger partial charge in [-0.25, -0.2) is 19.6 Å². The van der Waals surface area contributed by atoms with Crippen LogP contribution in [0.4, 0.5) is 4.39 Å². The lowest BCUT2D eigenvalue weighted by atomic mass is 10.1. The molecule has 0 spiro atoms. The summed E-state index contributed by atoms with van der Waals surface area (Å²) in [6.45, 7) is 0. The predicted molar refractivity (Wildman–Crippen MR) is 108 cm³/mol. The molecule has 0 amide bonds. The van der Waals surface area contributed by atoms with Gasteiger partial charge in [0.25, 0.3) is 0 Å². The van der Waals surface area contributed by atoms with Crippen molar-refractivity contribution in [2.75, 3.05) is 7.05 Å². The number of carboxylic acids is 1. The monoisotopic (exact) mass is 451 g/mol. The number of halogens is 1. The summed E-state index contributed by atoms with van der Waals surface area (Å²) in [7, 11) is 1.59. The van der Waals surface area contributed by atoms with Crippen molar-refractivity contribution in [1.82, 2.24) is 15.3 Å². The first kappa shape index (κ1) is 21.1. The Balaban J connectivity index is 1.95. The molecular formula is C18H14FN3O4S3. The molecule has 3 rings (SSSR count). The number of hydrogen-bond donors (Lipinski definition) is 2. The Morgan fingerprint density at radius 1 is 1.31 bits per heavy atom. The second-order valence-electron chi connectivity index (χ2n) is 5.37. The second-order valence-corrected chi connectivity index (χ2v) is 8.86. The summed E-state index contributed by atoms with van der Waals surface area (Å²) in [5.74, 6) is -2.68. The molecule has 3 heterocycles. The standard InChI is InChI=1S/C18H14FN3O4S3/c1-20-16(26-14(25)5-4-13(23)24)12-9-11(10-3-2-6-21-15(10)19)17(28-12)29-18-22-7-8-27-18/h2-9,16,20H,1H3,(H,23,24)/b5-4+. The smallest absolute Gasteiger partial charge is 0.332 e. The van der Waals surface area contributed by atoms with Gasteiger partial charge in [0.15, 0.2) is 10.6 Å². The fourth-order valence-corrected chi connectivity index (χ4v) is 5.58. The molecule has 2 N–H and O–H groups in total. The average molecular weight is 452 g/mol. The van der Waals surface area contributed by atoms with E-state index in [0.717, 1.165) is 14.6 Å². The van der Waals surface area contributed by atoms with E-state index in [4.69, 9.17) is 9.84 Å². The molecular weight excluding hydrogens is 437 g/mol. The van der Waals surface area contributed by atoms with E-state index < -0.39 is 24.1 Å². The molecule has 0 aliphatic carbocycles. The predicted octanol–water partition coefficient (Wildman–Crippen LogP) is 3.96. The summed E-state index contributed by atoms with van der Waals surface area (Å²) in [5.41, 5.74) is 0.925. The Hall–Kier alpha value is -2.60. The normalized spacial score (nSPS) is 12.2. The van der Waals surface area contributed by atoms with Crippen molar-refractivity contribution in [3.8, 4) is 11.1 Å². The van der Waals surface area contributed by atoms with E-state index in [1.807, 2.05) is 5.38 Å². The van der Waals surface area contributed by atoms with Crippen LogP contribution in [0.25, 0.3) is 11.1 Å². The molecule has 0 saturated heterocycles. The van der Waals surface area contributed by atoms with Crippen molar-refractivity contribution in [3.05, 3.63) is 58.9 Å². The summed E-state index contributed by atoms with van der Waals surface area (Å²) in [6.07, 6.45) is 3.73. The maximum atomic E-state index is 14.3. The van der Waals surface area contributed by atoms with Crippen LogP contribution in [0.15, 0.2) is 56.7 Å². The number of hydrogen-bond acceptors (Lipinski definition) is 9. The fourth-order valence-electron chi connectivity index (χ4n) is 2.27. The van der Waals surface area contributed by atoms with Crippen LogP contribution in [0.2, 0.25) is 0 Å². The number of carbonyl (C=O) groups is 2. The molecule has 0 aliphatic heterocycles. The van der Waals surface area contributed by atoms with Gasteiger partial charge in [-0.3, -0.25) is 5.32 Å². The topological polar surface area (TPSA) is 101 Å². The number of carboxylic acid groups (broad SMARTS) is 1. The number of ether oxygens (including phenoxy) is 1. The lowest BCUT2D eigenvalue weighted by molar-refractivity contribution is -0.145. The molecule has 0 aliphatic rings. The van der Waals surface area contributed by atoms with Crippen LogP contribution in [-0.2, 0) is 14.3 Å². The van der Waals surface area contributed by atoms with Crippen molar-refractivity contribution in [2.24, 2.45) is 0 Å². The van der Waals surface area contributed by atoms with Crippen LogP contribution in [-0.4, -0.2) is 34.1 Å². The molecule has 1 atom stereocenters. The maximum absolute atomic E-state index is 14.3. The summed E-state index contributed by atoms with van der Waals surface area (Å²) < 4.78 is 21.1. The molecule has 0 radical (unpaired) electrons. The summed E-state index contributed by atoms with van der Waals surface area (Å²) in [4.78, 5) is 31.0. The van der Waals surface area contributed by atoms with Gasteiger partial charge in [0.1, 0.15) is 0 Å². The third-order valence-electron chi connectivity index (χ3n) is 3.47. The zero-order chi connectivity index (χ0) is 20.8. The van der Waals surface area contributed by atoms with Gasteiger partial charge in [0.2, 0.25) is 5.95 Å². The van der Waals surface area contributed by atoms with E-state index in [-0.39, 0.29) is 0 Å². The quantitative estimate of drug-likeness (QED) is 0.230. The molecule has 11 heteroatoms. The van der Waals surface area contributed by atoms with Crippen molar-refractivity contribution >= 4 is 46.4 Å². The van der Waals surface area contributed by atoms with E-state index in [1.165, 1.54) is 40.6 Å². The van der Waals surface area contributed by atoms with Crippen molar-refractivity contribution in [3.63, 3.8) is 0 Å². The van der Waals surface area contributed by atoms with Crippen LogP contribution >= 0.6 is 34.4 Å². The van der Waals surface area contributed by atoms with Gasteiger partial charge in [-0.05, 0) is 37.0 Å². The molecule has 1 unspecified atom stereocenters. The Bertz CT molecular complexity index is 1040. The van der Waals surface area contributed by atoms with Crippen LogP contribution in [0.3, 0.4) is 0 Å². The van der Waals surface area contributed by atoms with E-state index in [2.05, 4.69) is 15.3 Å². The number of aromatic nitrogens is 2. The highest BCUT2D eigenvalue weighted by Crippen LogP contribution is 2.44. The van der Waals surface area contributed by atoms with Gasteiger partial charge < -0.3 is 9.84 Å². The number of pyridine rings is 1. The van der Waals surface area contributed by atoms with Crippen LogP contribution in [0.5, 0.6) is 0 Å². The van der Waals surface area contributed by atoms with Gasteiger partial charge in [0.05, 0.1) is 9.09 Å². The summed E-state index contributed by atoms with van der Waals surface area (Å²) in [5, 5.41) is 13.3. The molecule has 3 aromatic rings. The Morgan fingerprint density at radius 3 is 2.79 bits per heavy atom. The lowest BCUT2D eigenvalue weighted by Gasteiger charge is -2.14. The molecule has 0 bridgehead atoms. The number of rotatable bonds is 8. The van der Waals surface area contributed by atoms with Gasteiger partial charge in [0, 0.05) is 41.1 Å². The zero-order valence-corrected chi connectivity index (χ0v) is 17.3. The van der Waals surface area contributed by atoms with Gasteiger partial charge in [-0.1, -0.05) is 0 Å². The third kappa shape index (κ3) is 5.48. The van der Waals surface area contributed by atoms with Gasteiger partial charge in [-0.15, -0.1) is 22.7 Å². The zero-order valence-electron chi connectivity index (χ0n) is 14.9. The molecule has 150 valence electrons. The number of thiophene rings is 1. The molecule has 29 heavy (non-hydrogen) atoms. The third-order valence-corrected chi connectivity index (χ3v) is 6.73. The minimum absolute atomic E-state index is 0.320. The number of esters is 1. The summed E-state index contributed by atoms with van der Waals surface area (Å²) >= 11 is 4.15. The lowest BCUT2D eigenvalue weighted by Crippen LogP contribution is -2.21. The Kier molecular flexibility index (Phi) is 7.09. The van der Waals surface area contributed by atoms with Gasteiger partial charge >= 0.3 is 11.9 Å². The molecule has 0 aromatic carbocycles. The summed E-state index contributed by atoms with van der Waals surface area (Å²) in [6, 6.07) is 4.98. The minimum Gasteiger partial charge on any atom is -0.478 e. The van der Waals surface area contributed by atoms with E-state index in [9.17, 15) is 14.0 Å². The van der Waals surface area contributed by atoms with E-state index >= 15 is 0 Å². The average Bonchev–Trinajstić information content (AvgIpc) is 3.35. The van der Waals surface area contributed by atoms with E-state index in [1.54, 1.807) is 31.4 Å². The number of nitrogens with one attached hydrogen (secondary N) is 1. The highest BCUT2D eigenvalue weighted by Gasteiger charge is 2.22. The first-order valence-corrected chi connectivity index (χ1v) is 10.6. The molecule has 0 saturated carbocycles. The van der Waals surface area contributed by atoms with Crippen molar-refractivity contribution < 1.29 is 23.8 Å². The van der Waals surface area contributed by atoms with Crippen molar-refractivity contribution in [2.45, 2.75) is 14.8 Å². The SMILES string of the molecule is CNC(OC(=O)/C=C/C(=O)O)c1cc(-c2cccnc2F)c(Sc2nccs2)s1. The fraction of sp³-hybridized carbons (Fsp3) is 0.111. The number of carbonyl (C=O) groups excluding carboxylic acids is 1. The highest BCUT2D eigenvalue weighted by molar-refractivity contribution is 8.02. The molecule has 3 aromatic heterocycles. The van der Waals surface area contributed by atoms with Crippen LogP contribution in [0, 0.1) is 5.95 Å². The van der Waals surface area contributed by atoms with Crippen LogP contribution in [0.1, 0.15) is 11.1 Å². The molecule has 0 fully saturated rings. The van der Waals surface area contributed by atoms with E-state index in [0.29, 0.717) is 22.1 Å². The first-order chi connectivity index (χ1) is 14.0. The molecule has 7 nitrogen and oxygen atoms in total.